The van der Waals surface area contributed by atoms with Crippen molar-refractivity contribution in [2.45, 2.75) is 38.9 Å². The summed E-state index contributed by atoms with van der Waals surface area (Å²) >= 11 is 0. The highest BCUT2D eigenvalue weighted by atomic mass is 16.5. The fourth-order valence-corrected chi connectivity index (χ4v) is 1.68. The van der Waals surface area contributed by atoms with Gasteiger partial charge in [0.25, 0.3) is 0 Å². The minimum atomic E-state index is -1.13. The molecule has 0 saturated carbocycles. The van der Waals surface area contributed by atoms with Crippen LogP contribution in [0.25, 0.3) is 10.9 Å². The van der Waals surface area contributed by atoms with Crippen LogP contribution in [0, 0.1) is 0 Å². The smallest absolute Gasteiger partial charge is 0.423 e. The molecule has 0 unspecified atom stereocenters. The molecule has 1 aromatic carbocycles. The van der Waals surface area contributed by atoms with Crippen molar-refractivity contribution in [3.63, 3.8) is 0 Å². The van der Waals surface area contributed by atoms with Crippen molar-refractivity contribution >= 4 is 23.5 Å². The third kappa shape index (κ3) is 2.65. The molecule has 5 nitrogen and oxygen atoms in total. The Morgan fingerprint density at radius 1 is 1.26 bits per heavy atom. The molecular weight excluding hydrogens is 243 g/mol. The lowest BCUT2D eigenvalue weighted by Crippen LogP contribution is -2.53. The monoisotopic (exact) mass is 262 g/mol. The predicted molar refractivity (Wildman–Crippen MR) is 75.2 cm³/mol. The third-order valence-electron chi connectivity index (χ3n) is 3.65. The molecule has 0 fully saturated rings. The Labute approximate surface area is 112 Å². The van der Waals surface area contributed by atoms with Crippen LogP contribution >= 0.6 is 0 Å². The van der Waals surface area contributed by atoms with Crippen molar-refractivity contribution in [1.29, 1.82) is 0 Å². The quantitative estimate of drug-likeness (QED) is 0.713. The number of para-hydroxylation sites is 1. The van der Waals surface area contributed by atoms with E-state index in [4.69, 9.17) is 4.65 Å². The van der Waals surface area contributed by atoms with Crippen LogP contribution in [0.5, 0.6) is 0 Å². The van der Waals surface area contributed by atoms with Crippen LogP contribution in [-0.4, -0.2) is 38.6 Å². The number of aromatic amines is 1. The van der Waals surface area contributed by atoms with Crippen molar-refractivity contribution < 1.29 is 14.8 Å². The zero-order chi connectivity index (χ0) is 14.3. The molecule has 3 N–H and O–H groups in total. The highest BCUT2D eigenvalue weighted by molar-refractivity contribution is 6.63. The molecule has 0 radical (unpaired) electrons. The molecular formula is C13H19BN2O3. The zero-order valence-corrected chi connectivity index (χ0v) is 11.6. The van der Waals surface area contributed by atoms with E-state index < -0.39 is 18.3 Å². The number of nitrogens with one attached hydrogen (secondary N) is 1. The minimum absolute atomic E-state index is 0.604. The lowest BCUT2D eigenvalue weighted by molar-refractivity contribution is -0.0982. The largest absolute Gasteiger partial charge is 0.493 e. The van der Waals surface area contributed by atoms with Gasteiger partial charge in [-0.3, -0.25) is 5.10 Å². The molecule has 1 aromatic heterocycles. The van der Waals surface area contributed by atoms with Crippen LogP contribution in [0.2, 0.25) is 0 Å². The number of nitrogens with zero attached hydrogens (tertiary/aromatic N) is 1. The number of aliphatic hydroxyl groups is 1. The second-order valence-corrected chi connectivity index (χ2v) is 5.72. The Morgan fingerprint density at radius 3 is 2.58 bits per heavy atom. The van der Waals surface area contributed by atoms with E-state index >= 15 is 0 Å². The van der Waals surface area contributed by atoms with Crippen molar-refractivity contribution in [1.82, 2.24) is 10.2 Å². The SMILES string of the molecule is CC(C)(O)C(C)(C)OB(O)c1cccc2cn[nH]c12. The highest BCUT2D eigenvalue weighted by Gasteiger charge is 2.39. The standard InChI is InChI=1S/C13H19BN2O3/c1-12(2,17)13(3,4)19-14(18)10-7-5-6-9-8-15-16-11(9)10/h5-8,17-18H,1-4H3,(H,15,16). The van der Waals surface area contributed by atoms with Crippen molar-refractivity contribution in [3.05, 3.63) is 24.4 Å². The van der Waals surface area contributed by atoms with E-state index in [1.54, 1.807) is 40.0 Å². The van der Waals surface area contributed by atoms with Gasteiger partial charge in [-0.05, 0) is 27.7 Å². The van der Waals surface area contributed by atoms with Crippen LogP contribution < -0.4 is 5.46 Å². The molecule has 0 aliphatic heterocycles. The molecule has 1 heterocycles. The Morgan fingerprint density at radius 2 is 1.95 bits per heavy atom. The Bertz CT molecular complexity index is 575. The second kappa shape index (κ2) is 4.63. The molecule has 0 amide bonds. The molecule has 0 spiro atoms. The predicted octanol–water partition coefficient (Wildman–Crippen LogP) is 0.816. The van der Waals surface area contributed by atoms with Gasteiger partial charge in [-0.2, -0.15) is 5.10 Å². The number of hydrogen-bond donors (Lipinski definition) is 3. The van der Waals surface area contributed by atoms with Gasteiger partial charge in [0.1, 0.15) is 0 Å². The van der Waals surface area contributed by atoms with Gasteiger partial charge in [0, 0.05) is 10.8 Å². The van der Waals surface area contributed by atoms with Crippen molar-refractivity contribution in [2.75, 3.05) is 0 Å². The molecule has 0 aliphatic rings. The first-order valence-corrected chi connectivity index (χ1v) is 6.22. The van der Waals surface area contributed by atoms with Gasteiger partial charge >= 0.3 is 7.12 Å². The first kappa shape index (κ1) is 14.1. The summed E-state index contributed by atoms with van der Waals surface area (Å²) in [6.07, 6.45) is 1.69. The average molecular weight is 262 g/mol. The summed E-state index contributed by atoms with van der Waals surface area (Å²) < 4.78 is 5.62. The normalized spacial score (nSPS) is 12.9. The van der Waals surface area contributed by atoms with E-state index in [1.165, 1.54) is 0 Å². The summed E-state index contributed by atoms with van der Waals surface area (Å²) in [7, 11) is -1.13. The van der Waals surface area contributed by atoms with E-state index in [9.17, 15) is 10.1 Å². The molecule has 6 heteroatoms. The summed E-state index contributed by atoms with van der Waals surface area (Å²) in [6.45, 7) is 6.78. The number of fused-ring (bicyclic) bond motifs is 1. The van der Waals surface area contributed by atoms with Gasteiger partial charge in [-0.15, -0.1) is 0 Å². The maximum atomic E-state index is 10.3. The number of benzene rings is 1. The number of H-pyrrole nitrogens is 1. The van der Waals surface area contributed by atoms with Gasteiger partial charge in [0.05, 0.1) is 22.9 Å². The first-order valence-electron chi connectivity index (χ1n) is 6.22. The van der Waals surface area contributed by atoms with Crippen molar-refractivity contribution in [2.24, 2.45) is 0 Å². The van der Waals surface area contributed by atoms with Crippen LogP contribution in [-0.2, 0) is 4.65 Å². The molecule has 2 aromatic rings. The summed E-state index contributed by atoms with van der Waals surface area (Å²) in [4.78, 5) is 0. The Balaban J connectivity index is 2.30. The Kier molecular flexibility index (Phi) is 3.42. The number of rotatable bonds is 4. The molecule has 2 rings (SSSR count). The fraction of sp³-hybridized carbons (Fsp3) is 0.462. The minimum Gasteiger partial charge on any atom is -0.423 e. The zero-order valence-electron chi connectivity index (χ0n) is 11.6. The topological polar surface area (TPSA) is 78.4 Å². The second-order valence-electron chi connectivity index (χ2n) is 5.72. The van der Waals surface area contributed by atoms with E-state index in [1.807, 2.05) is 12.1 Å². The van der Waals surface area contributed by atoms with E-state index in [2.05, 4.69) is 10.2 Å². The summed E-state index contributed by atoms with van der Waals surface area (Å²) in [5, 5.41) is 28.0. The average Bonchev–Trinajstić information content (AvgIpc) is 2.73. The molecule has 19 heavy (non-hydrogen) atoms. The van der Waals surface area contributed by atoms with Gasteiger partial charge < -0.3 is 14.8 Å². The summed E-state index contributed by atoms with van der Waals surface area (Å²) in [5.74, 6) is 0. The molecule has 0 atom stereocenters. The van der Waals surface area contributed by atoms with Crippen LogP contribution in [0.3, 0.4) is 0 Å². The number of aromatic nitrogens is 2. The lowest BCUT2D eigenvalue weighted by atomic mass is 9.75. The van der Waals surface area contributed by atoms with Gasteiger partial charge in [0.2, 0.25) is 0 Å². The Hall–Kier alpha value is -1.37. The summed E-state index contributed by atoms with van der Waals surface area (Å²) in [6, 6.07) is 5.50. The molecule has 0 saturated heterocycles. The molecule has 102 valence electrons. The van der Waals surface area contributed by atoms with E-state index in [-0.39, 0.29) is 0 Å². The fourth-order valence-electron chi connectivity index (χ4n) is 1.68. The maximum absolute atomic E-state index is 10.3. The lowest BCUT2D eigenvalue weighted by Gasteiger charge is -2.38. The molecule has 0 bridgehead atoms. The first-order chi connectivity index (χ1) is 8.72. The van der Waals surface area contributed by atoms with E-state index in [0.717, 1.165) is 10.9 Å². The van der Waals surface area contributed by atoms with Crippen molar-refractivity contribution in [3.8, 4) is 0 Å². The molecule has 0 aliphatic carbocycles. The highest BCUT2D eigenvalue weighted by Crippen LogP contribution is 2.25. The van der Waals surface area contributed by atoms with E-state index in [0.29, 0.717) is 5.46 Å². The summed E-state index contributed by atoms with van der Waals surface area (Å²) in [5.41, 5.74) is -0.626. The maximum Gasteiger partial charge on any atom is 0.493 e. The third-order valence-corrected chi connectivity index (χ3v) is 3.65. The van der Waals surface area contributed by atoms with Gasteiger partial charge in [0.15, 0.2) is 0 Å². The van der Waals surface area contributed by atoms with Crippen LogP contribution in [0.1, 0.15) is 27.7 Å². The van der Waals surface area contributed by atoms with Gasteiger partial charge in [-0.1, -0.05) is 18.2 Å². The van der Waals surface area contributed by atoms with Crippen LogP contribution in [0.4, 0.5) is 0 Å². The number of hydrogen-bond acceptors (Lipinski definition) is 4. The van der Waals surface area contributed by atoms with Gasteiger partial charge in [-0.25, -0.2) is 0 Å². The van der Waals surface area contributed by atoms with Crippen LogP contribution in [0.15, 0.2) is 24.4 Å².